The van der Waals surface area contributed by atoms with Gasteiger partial charge in [0.1, 0.15) is 30.5 Å². The number of nitrogens with zero attached hydrogens (tertiary/aromatic N) is 2. The van der Waals surface area contributed by atoms with Gasteiger partial charge in [-0.15, -0.1) is 0 Å². The molecule has 3 aromatic carbocycles. The molecular weight excluding hydrogens is 679 g/mol. The Morgan fingerprint density at radius 3 is 1.83 bits per heavy atom. The van der Waals surface area contributed by atoms with Crippen molar-refractivity contribution in [3.8, 4) is 34.0 Å². The molecule has 0 aliphatic rings. The number of hydrogen-bond donors (Lipinski definition) is 0. The lowest BCUT2D eigenvalue weighted by atomic mass is 10.0. The molecule has 5 rings (SSSR count). The van der Waals surface area contributed by atoms with Gasteiger partial charge in [-0.25, -0.2) is 4.39 Å². The van der Waals surface area contributed by atoms with Crippen molar-refractivity contribution in [1.82, 2.24) is 9.13 Å². The minimum atomic E-state index is -0.288. The maximum absolute atomic E-state index is 13.2. The van der Waals surface area contributed by atoms with E-state index in [1.54, 1.807) is 59.9 Å². The first-order chi connectivity index (χ1) is 25.8. The Morgan fingerprint density at radius 2 is 1.15 bits per heavy atom. The Bertz CT molecular complexity index is 1910. The molecule has 53 heavy (non-hydrogen) atoms. The maximum Gasteiger partial charge on any atom is 0.255 e. The van der Waals surface area contributed by atoms with E-state index in [9.17, 15) is 14.0 Å². The number of benzene rings is 3. The van der Waals surface area contributed by atoms with Gasteiger partial charge in [-0.3, -0.25) is 18.7 Å². The van der Waals surface area contributed by atoms with Crippen LogP contribution in [0.1, 0.15) is 25.0 Å². The van der Waals surface area contributed by atoms with Crippen LogP contribution in [-0.2, 0) is 18.9 Å². The lowest BCUT2D eigenvalue weighted by Gasteiger charge is -2.12. The number of ether oxygens (including phenoxy) is 6. The van der Waals surface area contributed by atoms with E-state index < -0.39 is 0 Å². The fraction of sp³-hybridized carbons (Fsp3) is 0.333. The van der Waals surface area contributed by atoms with Crippen LogP contribution in [0.4, 0.5) is 4.39 Å². The molecule has 0 saturated heterocycles. The fourth-order valence-corrected chi connectivity index (χ4v) is 4.91. The summed E-state index contributed by atoms with van der Waals surface area (Å²) in [5.74, 6) is 1.12. The third kappa shape index (κ3) is 14.1. The van der Waals surface area contributed by atoms with Gasteiger partial charge in [-0.2, -0.15) is 0 Å². The molecule has 0 spiro atoms. The second-order valence-electron chi connectivity index (χ2n) is 11.4. The fourth-order valence-electron chi connectivity index (χ4n) is 4.91. The molecule has 0 bridgehead atoms. The molecule has 2 aromatic heterocycles. The normalized spacial score (nSPS) is 10.5. The van der Waals surface area contributed by atoms with E-state index in [0.717, 1.165) is 33.6 Å². The predicted molar refractivity (Wildman–Crippen MR) is 207 cm³/mol. The molecule has 284 valence electrons. The van der Waals surface area contributed by atoms with Crippen molar-refractivity contribution < 1.29 is 32.8 Å². The maximum atomic E-state index is 13.2. The Kier molecular flexibility index (Phi) is 18.8. The Balaban J connectivity index is 0.000000273. The summed E-state index contributed by atoms with van der Waals surface area (Å²) in [5, 5.41) is 0. The lowest BCUT2D eigenvalue weighted by Crippen LogP contribution is -2.17. The zero-order valence-corrected chi connectivity index (χ0v) is 31.5. The van der Waals surface area contributed by atoms with Gasteiger partial charge in [0.05, 0.1) is 45.3 Å². The van der Waals surface area contributed by atoms with Crippen LogP contribution >= 0.6 is 0 Å². The van der Waals surface area contributed by atoms with Gasteiger partial charge in [0, 0.05) is 56.1 Å². The molecule has 2 heterocycles. The summed E-state index contributed by atoms with van der Waals surface area (Å²) in [4.78, 5) is 24.4. The Labute approximate surface area is 311 Å². The molecule has 0 N–H and O–H groups in total. The van der Waals surface area contributed by atoms with Crippen LogP contribution < -0.4 is 20.6 Å². The summed E-state index contributed by atoms with van der Waals surface area (Å²) in [6, 6.07) is 25.9. The Hall–Kier alpha value is -5.07. The molecule has 0 fully saturated rings. The van der Waals surface area contributed by atoms with E-state index in [0.29, 0.717) is 64.4 Å². The van der Waals surface area contributed by atoms with Crippen molar-refractivity contribution in [2.75, 3.05) is 67.1 Å². The standard InChI is InChI=1S/C21H20FNO3.C19H25NO5.C2H6/c1-15-13-21(24)23(14-20(15)16-3-5-17(22)6-4-16)18-7-9-19(10-8-18)26-12-11-25-2;1-16-6-7-19(21)20(15-16)17-4-3-5-18(14-17)25-13-12-24-11-10-23-9-8-22-2;1-2/h3-10,13-14H,11-12H2,1-2H3;3-7,14-15H,8-13H2,1-2H3;1-2H3. The van der Waals surface area contributed by atoms with Gasteiger partial charge in [-0.1, -0.05) is 38.1 Å². The number of pyridine rings is 2. The highest BCUT2D eigenvalue weighted by atomic mass is 19.1. The second kappa shape index (κ2) is 23.5. The highest BCUT2D eigenvalue weighted by Gasteiger charge is 2.09. The minimum absolute atomic E-state index is 0.0699. The summed E-state index contributed by atoms with van der Waals surface area (Å²) < 4.78 is 48.2. The van der Waals surface area contributed by atoms with Gasteiger partial charge in [0.25, 0.3) is 11.1 Å². The average molecular weight is 731 g/mol. The van der Waals surface area contributed by atoms with Crippen molar-refractivity contribution in [1.29, 1.82) is 0 Å². The number of aryl methyl sites for hydroxylation is 2. The Morgan fingerprint density at radius 1 is 0.566 bits per heavy atom. The smallest absolute Gasteiger partial charge is 0.255 e. The third-order valence-electron chi connectivity index (χ3n) is 7.54. The quantitative estimate of drug-likeness (QED) is 0.0927. The van der Waals surface area contributed by atoms with Crippen LogP contribution in [0, 0.1) is 19.7 Å². The average Bonchev–Trinajstić information content (AvgIpc) is 3.17. The zero-order chi connectivity index (χ0) is 38.4. The van der Waals surface area contributed by atoms with Gasteiger partial charge < -0.3 is 28.4 Å². The monoisotopic (exact) mass is 730 g/mol. The van der Waals surface area contributed by atoms with Crippen LogP contribution in [0.15, 0.2) is 113 Å². The number of halogens is 1. The summed E-state index contributed by atoms with van der Waals surface area (Å²) >= 11 is 0. The minimum Gasteiger partial charge on any atom is -0.491 e. The number of hydrogen-bond acceptors (Lipinski definition) is 8. The molecule has 0 saturated carbocycles. The largest absolute Gasteiger partial charge is 0.491 e. The molecule has 0 radical (unpaired) electrons. The van der Waals surface area contributed by atoms with Crippen LogP contribution in [0.3, 0.4) is 0 Å². The van der Waals surface area contributed by atoms with Crippen molar-refractivity contribution in [2.24, 2.45) is 0 Å². The topological polar surface area (TPSA) is 99.4 Å². The number of aromatic nitrogens is 2. The number of rotatable bonds is 17. The molecule has 5 aromatic rings. The molecule has 0 unspecified atom stereocenters. The molecule has 0 amide bonds. The van der Waals surface area contributed by atoms with Crippen LogP contribution in [0.5, 0.6) is 11.5 Å². The second-order valence-corrected chi connectivity index (χ2v) is 11.4. The van der Waals surface area contributed by atoms with Gasteiger partial charge >= 0.3 is 0 Å². The highest BCUT2D eigenvalue weighted by molar-refractivity contribution is 5.66. The summed E-state index contributed by atoms with van der Waals surface area (Å²) in [6.45, 7) is 11.9. The predicted octanol–water partition coefficient (Wildman–Crippen LogP) is 7.21. The first-order valence-electron chi connectivity index (χ1n) is 17.6. The van der Waals surface area contributed by atoms with Crippen LogP contribution in [0.2, 0.25) is 0 Å². The number of methoxy groups -OCH3 is 2. The summed E-state index contributed by atoms with van der Waals surface area (Å²) in [5.41, 5.74) is 4.92. The van der Waals surface area contributed by atoms with Crippen molar-refractivity contribution >= 4 is 0 Å². The van der Waals surface area contributed by atoms with Crippen molar-refractivity contribution in [2.45, 2.75) is 27.7 Å². The van der Waals surface area contributed by atoms with E-state index in [1.807, 2.05) is 82.4 Å². The molecule has 0 atom stereocenters. The molecule has 0 aliphatic carbocycles. The van der Waals surface area contributed by atoms with Crippen LogP contribution in [-0.4, -0.2) is 76.2 Å². The summed E-state index contributed by atoms with van der Waals surface area (Å²) in [7, 11) is 3.26. The van der Waals surface area contributed by atoms with E-state index in [-0.39, 0.29) is 16.9 Å². The van der Waals surface area contributed by atoms with Crippen molar-refractivity contribution in [3.63, 3.8) is 0 Å². The van der Waals surface area contributed by atoms with E-state index in [2.05, 4.69) is 0 Å². The molecule has 0 aliphatic heterocycles. The lowest BCUT2D eigenvalue weighted by molar-refractivity contribution is 0.0180. The highest BCUT2D eigenvalue weighted by Crippen LogP contribution is 2.24. The molecule has 11 heteroatoms. The first kappa shape index (κ1) is 42.3. The zero-order valence-electron chi connectivity index (χ0n) is 31.5. The van der Waals surface area contributed by atoms with E-state index in [4.69, 9.17) is 28.4 Å². The van der Waals surface area contributed by atoms with Crippen LogP contribution in [0.25, 0.3) is 22.5 Å². The molecular formula is C42H51FN2O8. The first-order valence-corrected chi connectivity index (χ1v) is 17.6. The van der Waals surface area contributed by atoms with E-state index in [1.165, 1.54) is 12.1 Å². The summed E-state index contributed by atoms with van der Waals surface area (Å²) in [6.07, 6.45) is 3.60. The SMILES string of the molecule is CC.COCCOCCOCCOc1cccc(-n2cc(C)ccc2=O)c1.COCCOc1ccc(-n2cc(-c3ccc(F)cc3)c(C)cc2=O)cc1. The van der Waals surface area contributed by atoms with Crippen molar-refractivity contribution in [3.05, 3.63) is 141 Å². The van der Waals surface area contributed by atoms with Gasteiger partial charge in [0.15, 0.2) is 0 Å². The third-order valence-corrected chi connectivity index (χ3v) is 7.54. The van der Waals surface area contributed by atoms with Gasteiger partial charge in [-0.05, 0) is 79.1 Å². The van der Waals surface area contributed by atoms with E-state index >= 15 is 0 Å². The molecule has 10 nitrogen and oxygen atoms in total. The van der Waals surface area contributed by atoms with Gasteiger partial charge in [0.2, 0.25) is 0 Å².